The Morgan fingerprint density at radius 2 is 1.83 bits per heavy atom. The number of hydrogen-bond acceptors (Lipinski definition) is 4. The van der Waals surface area contributed by atoms with Gasteiger partial charge in [0.05, 0.1) is 17.4 Å². The maximum atomic E-state index is 13.9. The van der Waals surface area contributed by atoms with Crippen LogP contribution in [0.5, 0.6) is 0 Å². The molecule has 2 aromatic rings. The van der Waals surface area contributed by atoms with Gasteiger partial charge in [-0.15, -0.1) is 0 Å². The molecule has 0 aliphatic carbocycles. The largest absolute Gasteiger partial charge is 0.549 e. The summed E-state index contributed by atoms with van der Waals surface area (Å²) in [4.78, 5) is 10.9. The molecule has 5 nitrogen and oxygen atoms in total. The molecule has 0 saturated heterocycles. The van der Waals surface area contributed by atoms with E-state index in [2.05, 4.69) is 0 Å². The van der Waals surface area contributed by atoms with Crippen LogP contribution in [-0.4, -0.2) is 25.2 Å². The molecule has 0 atom stereocenters. The number of carboxylic acid groups (broad SMARTS) is 1. The van der Waals surface area contributed by atoms with Gasteiger partial charge < -0.3 is 9.90 Å². The third-order valence-electron chi connectivity index (χ3n) is 3.36. The quantitative estimate of drug-likeness (QED) is 0.775. The van der Waals surface area contributed by atoms with Crippen LogP contribution in [0.1, 0.15) is 11.1 Å². The first kappa shape index (κ1) is 18.4. The Labute approximate surface area is 144 Å². The topological polar surface area (TPSA) is 77.5 Å². The molecule has 24 heavy (non-hydrogen) atoms. The first-order valence-electron chi connectivity index (χ1n) is 6.91. The summed E-state index contributed by atoms with van der Waals surface area (Å²) in [6.45, 7) is 0.352. The zero-order chi connectivity index (χ0) is 17.9. The summed E-state index contributed by atoms with van der Waals surface area (Å²) in [5, 5.41) is 11.0. The van der Waals surface area contributed by atoms with Gasteiger partial charge >= 0.3 is 0 Å². The molecule has 0 heterocycles. The van der Waals surface area contributed by atoms with Crippen LogP contribution in [0.15, 0.2) is 47.4 Å². The number of hydrogen-bond donors (Lipinski definition) is 0. The van der Waals surface area contributed by atoms with Crippen molar-refractivity contribution < 1.29 is 22.7 Å². The number of carboxylic acids is 1. The molecule has 0 radical (unpaired) electrons. The van der Waals surface area contributed by atoms with Gasteiger partial charge in [0, 0.05) is 17.1 Å². The molecule has 0 fully saturated rings. The molecule has 0 spiro atoms. The van der Waals surface area contributed by atoms with Gasteiger partial charge in [0.1, 0.15) is 5.82 Å². The molecule has 0 unspecified atom stereocenters. The number of carbonyl (C=O) groups is 1. The van der Waals surface area contributed by atoms with E-state index < -0.39 is 34.9 Å². The van der Waals surface area contributed by atoms with E-state index in [1.54, 1.807) is 19.1 Å². The number of aryl methyl sites for hydroxylation is 1. The van der Waals surface area contributed by atoms with Crippen LogP contribution < -0.4 is 5.11 Å². The highest BCUT2D eigenvalue weighted by molar-refractivity contribution is 7.89. The highest BCUT2D eigenvalue weighted by Crippen LogP contribution is 2.24. The molecule has 2 aromatic carbocycles. The van der Waals surface area contributed by atoms with E-state index in [1.807, 2.05) is 0 Å². The summed E-state index contributed by atoms with van der Waals surface area (Å²) in [7, 11) is -4.16. The molecule has 128 valence electrons. The minimum Gasteiger partial charge on any atom is -0.549 e. The minimum absolute atomic E-state index is 0.0115. The van der Waals surface area contributed by atoms with Crippen LogP contribution in [0.3, 0.4) is 0 Å². The lowest BCUT2D eigenvalue weighted by Gasteiger charge is -2.23. The number of nitrogens with zero attached hydrogens (tertiary/aromatic N) is 1. The summed E-state index contributed by atoms with van der Waals surface area (Å²) in [5.41, 5.74) is 0.744. The molecule has 0 N–H and O–H groups in total. The van der Waals surface area contributed by atoms with Crippen LogP contribution >= 0.6 is 11.6 Å². The maximum Gasteiger partial charge on any atom is 0.243 e. The van der Waals surface area contributed by atoms with Gasteiger partial charge in [0.25, 0.3) is 0 Å². The lowest BCUT2D eigenvalue weighted by molar-refractivity contribution is -0.305. The number of benzene rings is 2. The Bertz CT molecular complexity index is 833. The molecular weight excluding hydrogens is 357 g/mol. The van der Waals surface area contributed by atoms with Crippen molar-refractivity contribution in [1.82, 2.24) is 4.31 Å². The first-order valence-corrected chi connectivity index (χ1v) is 8.73. The second-order valence-electron chi connectivity index (χ2n) is 5.16. The lowest BCUT2D eigenvalue weighted by atomic mass is 10.2. The molecular formula is C16H14ClFNO4S-. The number of carbonyl (C=O) groups excluding carboxylic acids is 1. The Hall–Kier alpha value is -1.96. The van der Waals surface area contributed by atoms with Gasteiger partial charge in [0.15, 0.2) is 0 Å². The predicted octanol–water partition coefficient (Wildman–Crippen LogP) is 1.73. The fraction of sp³-hybridized carbons (Fsp3) is 0.188. The zero-order valence-corrected chi connectivity index (χ0v) is 14.3. The highest BCUT2D eigenvalue weighted by atomic mass is 35.5. The zero-order valence-electron chi connectivity index (χ0n) is 12.7. The molecule has 0 aliphatic heterocycles. The van der Waals surface area contributed by atoms with Gasteiger partial charge in [-0.05, 0) is 31.2 Å². The van der Waals surface area contributed by atoms with Crippen molar-refractivity contribution in [3.8, 4) is 0 Å². The summed E-state index contributed by atoms with van der Waals surface area (Å²) >= 11 is 5.90. The average Bonchev–Trinajstić information content (AvgIpc) is 2.50. The Morgan fingerprint density at radius 3 is 2.38 bits per heavy atom. The molecule has 2 rings (SSSR count). The smallest absolute Gasteiger partial charge is 0.243 e. The van der Waals surface area contributed by atoms with Gasteiger partial charge in [-0.3, -0.25) is 0 Å². The van der Waals surface area contributed by atoms with Crippen molar-refractivity contribution in [3.63, 3.8) is 0 Å². The molecule has 0 aliphatic rings. The van der Waals surface area contributed by atoms with Crippen LogP contribution in [-0.2, 0) is 21.4 Å². The summed E-state index contributed by atoms with van der Waals surface area (Å²) < 4.78 is 39.9. The standard InChI is InChI=1S/C16H15ClFNO4S/c1-11-5-7-12(8-6-11)24(22,23)19(10-16(20)21)9-13-14(17)3-2-4-15(13)18/h2-8H,9-10H2,1H3,(H,20,21)/p-1. The fourth-order valence-corrected chi connectivity index (χ4v) is 3.66. The van der Waals surface area contributed by atoms with E-state index in [4.69, 9.17) is 11.6 Å². The van der Waals surface area contributed by atoms with E-state index in [-0.39, 0.29) is 15.5 Å². The average molecular weight is 371 g/mol. The van der Waals surface area contributed by atoms with Gasteiger partial charge in [-0.25, -0.2) is 12.8 Å². The summed E-state index contributed by atoms with van der Waals surface area (Å²) in [6, 6.07) is 9.78. The van der Waals surface area contributed by atoms with Gasteiger partial charge in [-0.2, -0.15) is 4.31 Å². The second kappa shape index (κ2) is 7.29. The molecule has 0 aromatic heterocycles. The molecule has 0 saturated carbocycles. The monoisotopic (exact) mass is 370 g/mol. The molecule has 0 amide bonds. The third kappa shape index (κ3) is 4.11. The van der Waals surface area contributed by atoms with Crippen LogP contribution in [0, 0.1) is 12.7 Å². The van der Waals surface area contributed by atoms with Crippen molar-refractivity contribution in [2.45, 2.75) is 18.4 Å². The number of halogens is 2. The Morgan fingerprint density at radius 1 is 1.21 bits per heavy atom. The van der Waals surface area contributed by atoms with E-state index >= 15 is 0 Å². The van der Waals surface area contributed by atoms with Crippen molar-refractivity contribution >= 4 is 27.6 Å². The van der Waals surface area contributed by atoms with Crippen molar-refractivity contribution in [1.29, 1.82) is 0 Å². The third-order valence-corrected chi connectivity index (χ3v) is 5.52. The van der Waals surface area contributed by atoms with E-state index in [1.165, 1.54) is 24.3 Å². The van der Waals surface area contributed by atoms with Crippen LogP contribution in [0.2, 0.25) is 5.02 Å². The molecule has 8 heteroatoms. The second-order valence-corrected chi connectivity index (χ2v) is 7.50. The van der Waals surface area contributed by atoms with Gasteiger partial charge in [-0.1, -0.05) is 35.4 Å². The van der Waals surface area contributed by atoms with Crippen molar-refractivity contribution in [2.75, 3.05) is 6.54 Å². The number of aliphatic carboxylic acids is 1. The van der Waals surface area contributed by atoms with E-state index in [9.17, 15) is 22.7 Å². The predicted molar refractivity (Wildman–Crippen MR) is 85.2 cm³/mol. The minimum atomic E-state index is -4.16. The summed E-state index contributed by atoms with van der Waals surface area (Å²) in [5.74, 6) is -2.32. The Kier molecular flexibility index (Phi) is 5.58. The highest BCUT2D eigenvalue weighted by Gasteiger charge is 2.26. The summed E-state index contributed by atoms with van der Waals surface area (Å²) in [6.07, 6.45) is 0. The SMILES string of the molecule is Cc1ccc(S(=O)(=O)N(CC(=O)[O-])Cc2c(F)cccc2Cl)cc1. The number of sulfonamides is 1. The maximum absolute atomic E-state index is 13.9. The van der Waals surface area contributed by atoms with Crippen LogP contribution in [0.4, 0.5) is 4.39 Å². The molecule has 0 bridgehead atoms. The Balaban J connectivity index is 2.45. The van der Waals surface area contributed by atoms with E-state index in [0.29, 0.717) is 4.31 Å². The fourth-order valence-electron chi connectivity index (χ4n) is 2.09. The number of rotatable bonds is 6. The lowest BCUT2D eigenvalue weighted by Crippen LogP contribution is -2.41. The first-order chi connectivity index (χ1) is 11.2. The van der Waals surface area contributed by atoms with Gasteiger partial charge in [0.2, 0.25) is 10.0 Å². The normalized spacial score (nSPS) is 11.7. The van der Waals surface area contributed by atoms with E-state index in [0.717, 1.165) is 11.6 Å². The van der Waals surface area contributed by atoms with Crippen molar-refractivity contribution in [3.05, 3.63) is 64.4 Å². The van der Waals surface area contributed by atoms with Crippen LogP contribution in [0.25, 0.3) is 0 Å². The van der Waals surface area contributed by atoms with Crippen molar-refractivity contribution in [2.24, 2.45) is 0 Å².